The zero-order valence-corrected chi connectivity index (χ0v) is 9.02. The number of anilines is 1. The van der Waals surface area contributed by atoms with Crippen LogP contribution in [0.5, 0.6) is 0 Å². The molecule has 2 rings (SSSR count). The molecule has 6 nitrogen and oxygen atoms in total. The number of rotatable bonds is 3. The van der Waals surface area contributed by atoms with Crippen LogP contribution in [0.15, 0.2) is 12.4 Å². The number of aliphatic carboxylic acids is 1. The van der Waals surface area contributed by atoms with Gasteiger partial charge in [0.15, 0.2) is 5.82 Å². The summed E-state index contributed by atoms with van der Waals surface area (Å²) in [6, 6.07) is 0. The molecule has 1 aliphatic heterocycles. The van der Waals surface area contributed by atoms with Gasteiger partial charge in [-0.25, -0.2) is 19.2 Å². The van der Waals surface area contributed by atoms with Crippen LogP contribution in [0.25, 0.3) is 0 Å². The number of halogens is 1. The van der Waals surface area contributed by atoms with E-state index in [4.69, 9.17) is 4.74 Å². The van der Waals surface area contributed by atoms with E-state index in [9.17, 15) is 14.3 Å². The highest BCUT2D eigenvalue weighted by molar-refractivity contribution is 5.82. The summed E-state index contributed by atoms with van der Waals surface area (Å²) in [5.41, 5.74) is -1.13. The van der Waals surface area contributed by atoms with Crippen LogP contribution in [0.3, 0.4) is 0 Å². The molecule has 1 aromatic rings. The lowest BCUT2D eigenvalue weighted by Gasteiger charge is -2.33. The molecule has 0 saturated carbocycles. The van der Waals surface area contributed by atoms with E-state index in [-0.39, 0.29) is 5.95 Å². The van der Waals surface area contributed by atoms with E-state index in [1.165, 1.54) is 0 Å². The first kappa shape index (κ1) is 11.7. The fraction of sp³-hybridized carbons (Fsp3) is 0.500. The van der Waals surface area contributed by atoms with Crippen molar-refractivity contribution in [1.29, 1.82) is 0 Å². The van der Waals surface area contributed by atoms with Gasteiger partial charge in [0.2, 0.25) is 5.95 Å². The van der Waals surface area contributed by atoms with Crippen molar-refractivity contribution in [1.82, 2.24) is 9.97 Å². The van der Waals surface area contributed by atoms with Crippen LogP contribution < -0.4 is 5.32 Å². The van der Waals surface area contributed by atoms with Crippen molar-refractivity contribution in [2.24, 2.45) is 0 Å². The average Bonchev–Trinajstić information content (AvgIpc) is 2.33. The van der Waals surface area contributed by atoms with E-state index >= 15 is 0 Å². The second kappa shape index (κ2) is 4.62. The molecule has 1 saturated heterocycles. The lowest BCUT2D eigenvalue weighted by molar-refractivity contribution is -0.145. The van der Waals surface area contributed by atoms with Crippen molar-refractivity contribution in [3.05, 3.63) is 18.2 Å². The highest BCUT2D eigenvalue weighted by Crippen LogP contribution is 2.24. The summed E-state index contributed by atoms with van der Waals surface area (Å²) >= 11 is 0. The minimum atomic E-state index is -1.13. The Labute approximate surface area is 96.8 Å². The van der Waals surface area contributed by atoms with Gasteiger partial charge in [-0.05, 0) is 0 Å². The maximum absolute atomic E-state index is 12.6. The Morgan fingerprint density at radius 3 is 2.53 bits per heavy atom. The Morgan fingerprint density at radius 2 is 2.00 bits per heavy atom. The van der Waals surface area contributed by atoms with Crippen LogP contribution >= 0.6 is 0 Å². The lowest BCUT2D eigenvalue weighted by Crippen LogP contribution is -2.50. The molecule has 0 radical (unpaired) electrons. The third-order valence-corrected chi connectivity index (χ3v) is 2.73. The van der Waals surface area contributed by atoms with Gasteiger partial charge in [-0.15, -0.1) is 0 Å². The van der Waals surface area contributed by atoms with Crippen molar-refractivity contribution in [3.63, 3.8) is 0 Å². The maximum atomic E-state index is 12.6. The van der Waals surface area contributed by atoms with Crippen LogP contribution in [0.1, 0.15) is 12.8 Å². The Kier molecular flexibility index (Phi) is 3.19. The predicted octanol–water partition coefficient (Wildman–Crippen LogP) is 0.661. The standard InChI is InChI=1S/C10H12FN3O3/c11-7-5-12-9(13-6-7)14-10(8(15)16)1-3-17-4-2-10/h5-6H,1-4H2,(H,15,16)(H,12,13,14). The second-order valence-electron chi connectivity index (χ2n) is 3.85. The van der Waals surface area contributed by atoms with Gasteiger partial charge in [-0.2, -0.15) is 0 Å². The van der Waals surface area contributed by atoms with Crippen LogP contribution in [0.2, 0.25) is 0 Å². The van der Waals surface area contributed by atoms with E-state index < -0.39 is 17.3 Å². The molecule has 0 aromatic carbocycles. The molecule has 7 heteroatoms. The van der Waals surface area contributed by atoms with Gasteiger partial charge in [0.25, 0.3) is 0 Å². The fourth-order valence-electron chi connectivity index (χ4n) is 1.70. The number of carboxylic acid groups (broad SMARTS) is 1. The monoisotopic (exact) mass is 241 g/mol. The van der Waals surface area contributed by atoms with E-state index in [1.807, 2.05) is 0 Å². The minimum Gasteiger partial charge on any atom is -0.480 e. The Hall–Kier alpha value is -1.76. The molecule has 0 bridgehead atoms. The summed E-state index contributed by atoms with van der Waals surface area (Å²) in [4.78, 5) is 18.7. The highest BCUT2D eigenvalue weighted by atomic mass is 19.1. The molecule has 1 aromatic heterocycles. The predicted molar refractivity (Wildman–Crippen MR) is 56.0 cm³/mol. The summed E-state index contributed by atoms with van der Waals surface area (Å²) < 4.78 is 17.8. The van der Waals surface area contributed by atoms with Gasteiger partial charge >= 0.3 is 5.97 Å². The molecule has 92 valence electrons. The van der Waals surface area contributed by atoms with Gasteiger partial charge in [-0.1, -0.05) is 0 Å². The van der Waals surface area contributed by atoms with Crippen molar-refractivity contribution in [3.8, 4) is 0 Å². The van der Waals surface area contributed by atoms with Crippen molar-refractivity contribution in [2.45, 2.75) is 18.4 Å². The van der Waals surface area contributed by atoms with Crippen molar-refractivity contribution >= 4 is 11.9 Å². The molecule has 0 amide bonds. The van der Waals surface area contributed by atoms with E-state index in [0.717, 1.165) is 12.4 Å². The summed E-state index contributed by atoms with van der Waals surface area (Å²) in [5, 5.41) is 12.0. The van der Waals surface area contributed by atoms with E-state index in [0.29, 0.717) is 26.1 Å². The van der Waals surface area contributed by atoms with Gasteiger partial charge in [0.05, 0.1) is 12.4 Å². The quantitative estimate of drug-likeness (QED) is 0.808. The fourth-order valence-corrected chi connectivity index (χ4v) is 1.70. The van der Waals surface area contributed by atoms with Crippen molar-refractivity contribution < 1.29 is 19.0 Å². The minimum absolute atomic E-state index is 0.107. The summed E-state index contributed by atoms with van der Waals surface area (Å²) in [7, 11) is 0. The zero-order valence-electron chi connectivity index (χ0n) is 9.02. The van der Waals surface area contributed by atoms with Crippen LogP contribution in [-0.2, 0) is 9.53 Å². The maximum Gasteiger partial charge on any atom is 0.329 e. The summed E-state index contributed by atoms with van der Waals surface area (Å²) in [5.74, 6) is -1.43. The molecule has 2 heterocycles. The summed E-state index contributed by atoms with van der Waals surface area (Å²) in [6.07, 6.45) is 2.63. The number of hydrogen-bond acceptors (Lipinski definition) is 5. The van der Waals surface area contributed by atoms with Gasteiger partial charge in [0, 0.05) is 26.1 Å². The molecule has 17 heavy (non-hydrogen) atoms. The van der Waals surface area contributed by atoms with Gasteiger partial charge in [-0.3, -0.25) is 0 Å². The van der Waals surface area contributed by atoms with Gasteiger partial charge < -0.3 is 15.2 Å². The number of carbonyl (C=O) groups is 1. The topological polar surface area (TPSA) is 84.3 Å². The smallest absolute Gasteiger partial charge is 0.329 e. The number of nitrogens with one attached hydrogen (secondary N) is 1. The number of carboxylic acids is 1. The number of nitrogens with zero attached hydrogens (tertiary/aromatic N) is 2. The highest BCUT2D eigenvalue weighted by Gasteiger charge is 2.40. The molecule has 1 fully saturated rings. The first-order chi connectivity index (χ1) is 8.12. The van der Waals surface area contributed by atoms with Crippen LogP contribution in [0.4, 0.5) is 10.3 Å². The summed E-state index contributed by atoms with van der Waals surface area (Å²) in [6.45, 7) is 0.723. The zero-order chi connectivity index (χ0) is 12.3. The normalized spacial score (nSPS) is 18.6. The molecule has 1 aliphatic rings. The molecule has 2 N–H and O–H groups in total. The average molecular weight is 241 g/mol. The Bertz CT molecular complexity index is 404. The van der Waals surface area contributed by atoms with Crippen molar-refractivity contribution in [2.75, 3.05) is 18.5 Å². The number of ether oxygens (including phenoxy) is 1. The largest absolute Gasteiger partial charge is 0.480 e. The molecule has 0 unspecified atom stereocenters. The molecular weight excluding hydrogens is 229 g/mol. The Balaban J connectivity index is 2.17. The SMILES string of the molecule is O=C(O)C1(Nc2ncc(F)cn2)CCOCC1. The first-order valence-corrected chi connectivity index (χ1v) is 5.19. The molecule has 0 atom stereocenters. The Morgan fingerprint density at radius 1 is 1.41 bits per heavy atom. The third-order valence-electron chi connectivity index (χ3n) is 2.73. The molecule has 0 aliphatic carbocycles. The van der Waals surface area contributed by atoms with Crippen LogP contribution in [0, 0.1) is 5.82 Å². The van der Waals surface area contributed by atoms with E-state index in [1.54, 1.807) is 0 Å². The molecule has 0 spiro atoms. The number of aromatic nitrogens is 2. The lowest BCUT2D eigenvalue weighted by atomic mass is 9.90. The van der Waals surface area contributed by atoms with Gasteiger partial charge in [0.1, 0.15) is 5.54 Å². The van der Waals surface area contributed by atoms with Crippen LogP contribution in [-0.4, -0.2) is 39.8 Å². The van der Waals surface area contributed by atoms with E-state index in [2.05, 4.69) is 15.3 Å². The first-order valence-electron chi connectivity index (χ1n) is 5.19. The second-order valence-corrected chi connectivity index (χ2v) is 3.85. The molecular formula is C10H12FN3O3. The number of hydrogen-bond donors (Lipinski definition) is 2. The third kappa shape index (κ3) is 2.50.